The fraction of sp³-hybridized carbons (Fsp3) is 0.333. The van der Waals surface area contributed by atoms with E-state index in [0.29, 0.717) is 0 Å². The molecule has 0 aliphatic heterocycles. The number of anilines is 1. The Bertz CT molecular complexity index is 514. The van der Waals surface area contributed by atoms with Crippen molar-refractivity contribution in [1.29, 1.82) is 0 Å². The van der Waals surface area contributed by atoms with Crippen molar-refractivity contribution in [3.8, 4) is 5.75 Å². The number of ether oxygens (including phenoxy) is 1. The van der Waals surface area contributed by atoms with E-state index in [1.807, 2.05) is 26.0 Å². The molecular formula is C18H23NO. The number of benzene rings is 2. The fourth-order valence-corrected chi connectivity index (χ4v) is 2.02. The molecule has 0 unspecified atom stereocenters. The molecule has 2 aromatic rings. The third-order valence-corrected chi connectivity index (χ3v) is 3.15. The minimum atomic E-state index is 0.214. The molecule has 0 amide bonds. The van der Waals surface area contributed by atoms with Gasteiger partial charge in [0, 0.05) is 12.2 Å². The van der Waals surface area contributed by atoms with Crippen molar-refractivity contribution in [1.82, 2.24) is 0 Å². The van der Waals surface area contributed by atoms with Gasteiger partial charge in [0.1, 0.15) is 5.75 Å². The first kappa shape index (κ1) is 14.4. The normalized spacial score (nSPS) is 10.6. The van der Waals surface area contributed by atoms with Crippen molar-refractivity contribution in [3.63, 3.8) is 0 Å². The molecule has 20 heavy (non-hydrogen) atoms. The molecule has 0 spiro atoms. The molecule has 0 bridgehead atoms. The van der Waals surface area contributed by atoms with Gasteiger partial charge >= 0.3 is 0 Å². The van der Waals surface area contributed by atoms with E-state index in [1.165, 1.54) is 11.1 Å². The Morgan fingerprint density at radius 2 is 1.50 bits per heavy atom. The maximum atomic E-state index is 5.63. The Labute approximate surface area is 121 Å². The largest absolute Gasteiger partial charge is 0.491 e. The number of aryl methyl sites for hydroxylation is 1. The van der Waals surface area contributed by atoms with Gasteiger partial charge in [0.25, 0.3) is 0 Å². The number of hydrogen-bond donors (Lipinski definition) is 1. The van der Waals surface area contributed by atoms with E-state index in [0.717, 1.165) is 24.4 Å². The van der Waals surface area contributed by atoms with E-state index >= 15 is 0 Å². The van der Waals surface area contributed by atoms with Crippen molar-refractivity contribution in [3.05, 3.63) is 59.7 Å². The van der Waals surface area contributed by atoms with Crippen LogP contribution in [-0.4, -0.2) is 6.10 Å². The summed E-state index contributed by atoms with van der Waals surface area (Å²) in [7, 11) is 0. The third kappa shape index (κ3) is 4.30. The second kappa shape index (κ2) is 6.99. The summed E-state index contributed by atoms with van der Waals surface area (Å²) >= 11 is 0. The van der Waals surface area contributed by atoms with Gasteiger partial charge in [-0.25, -0.2) is 0 Å². The molecule has 0 fully saturated rings. The lowest BCUT2D eigenvalue weighted by atomic mass is 10.1. The van der Waals surface area contributed by atoms with Crippen LogP contribution in [0.15, 0.2) is 48.5 Å². The molecule has 0 aliphatic carbocycles. The number of hydrogen-bond acceptors (Lipinski definition) is 2. The molecule has 2 nitrogen and oxygen atoms in total. The van der Waals surface area contributed by atoms with Gasteiger partial charge in [-0.15, -0.1) is 0 Å². The lowest BCUT2D eigenvalue weighted by molar-refractivity contribution is 0.242. The Hall–Kier alpha value is -1.96. The molecular weight excluding hydrogens is 246 g/mol. The van der Waals surface area contributed by atoms with Gasteiger partial charge in [-0.1, -0.05) is 31.2 Å². The summed E-state index contributed by atoms with van der Waals surface area (Å²) in [5, 5.41) is 3.42. The van der Waals surface area contributed by atoms with E-state index in [4.69, 9.17) is 4.74 Å². The number of rotatable bonds is 6. The predicted molar refractivity (Wildman–Crippen MR) is 85.4 cm³/mol. The minimum absolute atomic E-state index is 0.214. The summed E-state index contributed by atoms with van der Waals surface area (Å²) < 4.78 is 5.63. The zero-order valence-electron chi connectivity index (χ0n) is 12.5. The average Bonchev–Trinajstić information content (AvgIpc) is 2.46. The summed E-state index contributed by atoms with van der Waals surface area (Å²) in [5.41, 5.74) is 3.79. The van der Waals surface area contributed by atoms with Crippen LogP contribution in [0.5, 0.6) is 5.75 Å². The summed E-state index contributed by atoms with van der Waals surface area (Å²) in [4.78, 5) is 0. The van der Waals surface area contributed by atoms with E-state index in [9.17, 15) is 0 Å². The van der Waals surface area contributed by atoms with Crippen LogP contribution in [0.25, 0.3) is 0 Å². The smallest absolute Gasteiger partial charge is 0.119 e. The van der Waals surface area contributed by atoms with Crippen LogP contribution in [0, 0.1) is 0 Å². The highest BCUT2D eigenvalue weighted by Crippen LogP contribution is 2.17. The van der Waals surface area contributed by atoms with Crippen LogP contribution < -0.4 is 10.1 Å². The molecule has 1 N–H and O–H groups in total. The van der Waals surface area contributed by atoms with E-state index in [-0.39, 0.29) is 6.10 Å². The van der Waals surface area contributed by atoms with Gasteiger partial charge in [-0.05, 0) is 55.7 Å². The lowest BCUT2D eigenvalue weighted by Gasteiger charge is -2.11. The molecule has 0 radical (unpaired) electrons. The molecule has 0 aromatic heterocycles. The maximum Gasteiger partial charge on any atom is 0.119 e. The van der Waals surface area contributed by atoms with E-state index < -0.39 is 0 Å². The highest BCUT2D eigenvalue weighted by Gasteiger charge is 1.98. The maximum absolute atomic E-state index is 5.63. The monoisotopic (exact) mass is 269 g/mol. The molecule has 0 heterocycles. The Balaban J connectivity index is 1.89. The molecule has 0 atom stereocenters. The Morgan fingerprint density at radius 1 is 0.900 bits per heavy atom. The van der Waals surface area contributed by atoms with Gasteiger partial charge in [0.2, 0.25) is 0 Å². The Kier molecular flexibility index (Phi) is 5.05. The minimum Gasteiger partial charge on any atom is -0.491 e. The summed E-state index contributed by atoms with van der Waals surface area (Å²) in [5.74, 6) is 0.915. The van der Waals surface area contributed by atoms with Gasteiger partial charge in [0.05, 0.1) is 6.10 Å². The summed E-state index contributed by atoms with van der Waals surface area (Å²) in [6, 6.07) is 16.9. The van der Waals surface area contributed by atoms with Gasteiger partial charge in [-0.3, -0.25) is 0 Å². The SMILES string of the molecule is CCc1ccc(CNc2ccc(OC(C)C)cc2)cc1. The third-order valence-electron chi connectivity index (χ3n) is 3.15. The van der Waals surface area contributed by atoms with Crippen LogP contribution in [0.4, 0.5) is 5.69 Å². The first-order valence-electron chi connectivity index (χ1n) is 7.26. The Morgan fingerprint density at radius 3 is 2.05 bits per heavy atom. The van der Waals surface area contributed by atoms with Crippen LogP contribution in [0.1, 0.15) is 31.9 Å². The first-order valence-corrected chi connectivity index (χ1v) is 7.26. The van der Waals surface area contributed by atoms with Gasteiger partial charge in [-0.2, -0.15) is 0 Å². The molecule has 0 saturated heterocycles. The van der Waals surface area contributed by atoms with Gasteiger partial charge in [0.15, 0.2) is 0 Å². The summed E-state index contributed by atoms with van der Waals surface area (Å²) in [6.07, 6.45) is 1.30. The van der Waals surface area contributed by atoms with Crippen molar-refractivity contribution >= 4 is 5.69 Å². The van der Waals surface area contributed by atoms with E-state index in [1.54, 1.807) is 0 Å². The molecule has 0 aliphatic rings. The van der Waals surface area contributed by atoms with Crippen LogP contribution in [0.2, 0.25) is 0 Å². The quantitative estimate of drug-likeness (QED) is 0.824. The highest BCUT2D eigenvalue weighted by molar-refractivity contribution is 5.46. The van der Waals surface area contributed by atoms with Crippen LogP contribution in [-0.2, 0) is 13.0 Å². The van der Waals surface area contributed by atoms with Crippen molar-refractivity contribution in [2.75, 3.05) is 5.32 Å². The van der Waals surface area contributed by atoms with Gasteiger partial charge < -0.3 is 10.1 Å². The van der Waals surface area contributed by atoms with Crippen molar-refractivity contribution < 1.29 is 4.74 Å². The standard InChI is InChI=1S/C18H23NO/c1-4-15-5-7-16(8-6-15)13-19-17-9-11-18(12-10-17)20-14(2)3/h5-12,14,19H,4,13H2,1-3H3. The molecule has 2 aromatic carbocycles. The van der Waals surface area contributed by atoms with Crippen LogP contribution >= 0.6 is 0 Å². The highest BCUT2D eigenvalue weighted by atomic mass is 16.5. The predicted octanol–water partition coefficient (Wildman–Crippen LogP) is 4.65. The zero-order chi connectivity index (χ0) is 14.4. The second-order valence-corrected chi connectivity index (χ2v) is 5.21. The fourth-order valence-electron chi connectivity index (χ4n) is 2.02. The number of nitrogens with one attached hydrogen (secondary N) is 1. The van der Waals surface area contributed by atoms with E-state index in [2.05, 4.69) is 48.6 Å². The zero-order valence-corrected chi connectivity index (χ0v) is 12.5. The molecule has 2 rings (SSSR count). The molecule has 2 heteroatoms. The lowest BCUT2D eigenvalue weighted by Crippen LogP contribution is -2.05. The first-order chi connectivity index (χ1) is 9.67. The van der Waals surface area contributed by atoms with Crippen molar-refractivity contribution in [2.45, 2.75) is 39.8 Å². The topological polar surface area (TPSA) is 21.3 Å². The molecule has 106 valence electrons. The van der Waals surface area contributed by atoms with Crippen molar-refractivity contribution in [2.24, 2.45) is 0 Å². The average molecular weight is 269 g/mol. The second-order valence-electron chi connectivity index (χ2n) is 5.21. The van der Waals surface area contributed by atoms with Crippen LogP contribution in [0.3, 0.4) is 0 Å². The summed E-state index contributed by atoms with van der Waals surface area (Å²) in [6.45, 7) is 7.08. The molecule has 0 saturated carbocycles.